The Kier molecular flexibility index (Phi) is 5.15. The Morgan fingerprint density at radius 3 is 2.80 bits per heavy atom. The van der Waals surface area contributed by atoms with E-state index in [2.05, 4.69) is 21.2 Å². The molecule has 0 bridgehead atoms. The molecule has 20 heavy (non-hydrogen) atoms. The van der Waals surface area contributed by atoms with Crippen LogP contribution < -0.4 is 5.32 Å². The standard InChI is InChI=1S/C15H12BrClFNO/c16-13-4-5-14(18)12(7-13)9-19-15(20)11-3-1-2-10(6-11)8-17/h1-7H,8-9H2,(H,19,20). The molecule has 0 spiro atoms. The summed E-state index contributed by atoms with van der Waals surface area (Å²) in [5, 5.41) is 2.69. The summed E-state index contributed by atoms with van der Waals surface area (Å²) >= 11 is 9.00. The molecule has 2 aromatic carbocycles. The fourth-order valence-corrected chi connectivity index (χ4v) is 2.33. The summed E-state index contributed by atoms with van der Waals surface area (Å²) in [7, 11) is 0. The number of hydrogen-bond acceptors (Lipinski definition) is 1. The Hall–Kier alpha value is -1.39. The molecule has 5 heteroatoms. The van der Waals surface area contributed by atoms with Crippen LogP contribution in [0.1, 0.15) is 21.5 Å². The van der Waals surface area contributed by atoms with Gasteiger partial charge in [0, 0.05) is 28.0 Å². The monoisotopic (exact) mass is 355 g/mol. The van der Waals surface area contributed by atoms with Gasteiger partial charge in [0.05, 0.1) is 0 Å². The zero-order chi connectivity index (χ0) is 14.5. The van der Waals surface area contributed by atoms with Gasteiger partial charge in [-0.3, -0.25) is 4.79 Å². The average molecular weight is 357 g/mol. The summed E-state index contributed by atoms with van der Waals surface area (Å²) in [6.45, 7) is 0.134. The Labute approximate surface area is 130 Å². The average Bonchev–Trinajstić information content (AvgIpc) is 2.48. The van der Waals surface area contributed by atoms with Crippen LogP contribution >= 0.6 is 27.5 Å². The van der Waals surface area contributed by atoms with Crippen molar-refractivity contribution in [3.8, 4) is 0 Å². The van der Waals surface area contributed by atoms with Gasteiger partial charge in [0.25, 0.3) is 5.91 Å². The second kappa shape index (κ2) is 6.86. The SMILES string of the molecule is O=C(NCc1cc(Br)ccc1F)c1cccc(CCl)c1. The van der Waals surface area contributed by atoms with Gasteiger partial charge >= 0.3 is 0 Å². The molecule has 2 nitrogen and oxygen atoms in total. The molecule has 0 heterocycles. The molecule has 0 aliphatic heterocycles. The zero-order valence-electron chi connectivity index (χ0n) is 10.5. The third kappa shape index (κ3) is 3.81. The van der Waals surface area contributed by atoms with Gasteiger partial charge in [-0.2, -0.15) is 0 Å². The van der Waals surface area contributed by atoms with E-state index < -0.39 is 0 Å². The molecule has 0 fully saturated rings. The molecule has 0 radical (unpaired) electrons. The highest BCUT2D eigenvalue weighted by Crippen LogP contribution is 2.15. The molecule has 1 amide bonds. The van der Waals surface area contributed by atoms with Crippen LogP contribution in [0.25, 0.3) is 0 Å². The highest BCUT2D eigenvalue weighted by atomic mass is 79.9. The van der Waals surface area contributed by atoms with Gasteiger partial charge in [-0.25, -0.2) is 4.39 Å². The van der Waals surface area contributed by atoms with Gasteiger partial charge in [-0.05, 0) is 35.9 Å². The second-order valence-electron chi connectivity index (χ2n) is 4.25. The van der Waals surface area contributed by atoms with Gasteiger partial charge < -0.3 is 5.32 Å². The van der Waals surface area contributed by atoms with Crippen LogP contribution in [0.3, 0.4) is 0 Å². The Bertz CT molecular complexity index is 633. The predicted octanol–water partition coefficient (Wildman–Crippen LogP) is 4.26. The number of nitrogens with one attached hydrogen (secondary N) is 1. The van der Waals surface area contributed by atoms with Crippen LogP contribution in [-0.4, -0.2) is 5.91 Å². The van der Waals surface area contributed by atoms with Crippen LogP contribution in [0.2, 0.25) is 0 Å². The lowest BCUT2D eigenvalue weighted by atomic mass is 10.1. The fraction of sp³-hybridized carbons (Fsp3) is 0.133. The Balaban J connectivity index is 2.06. The summed E-state index contributed by atoms with van der Waals surface area (Å²) in [5.41, 5.74) is 1.81. The van der Waals surface area contributed by atoms with E-state index in [1.54, 1.807) is 30.3 Å². The lowest BCUT2D eigenvalue weighted by Crippen LogP contribution is -2.23. The van der Waals surface area contributed by atoms with Crippen molar-refractivity contribution in [3.05, 3.63) is 69.4 Å². The molecular weight excluding hydrogens is 345 g/mol. The number of carbonyl (C=O) groups excluding carboxylic acids is 1. The largest absolute Gasteiger partial charge is 0.348 e. The quantitative estimate of drug-likeness (QED) is 0.815. The molecule has 0 saturated heterocycles. The summed E-state index contributed by atoms with van der Waals surface area (Å²) in [4.78, 5) is 12.0. The minimum Gasteiger partial charge on any atom is -0.348 e. The zero-order valence-corrected chi connectivity index (χ0v) is 12.8. The molecule has 104 valence electrons. The molecule has 0 aromatic heterocycles. The van der Waals surface area contributed by atoms with Crippen molar-refractivity contribution in [2.75, 3.05) is 0 Å². The number of halogens is 3. The van der Waals surface area contributed by atoms with Crippen molar-refractivity contribution in [1.82, 2.24) is 5.32 Å². The van der Waals surface area contributed by atoms with Crippen molar-refractivity contribution in [2.24, 2.45) is 0 Å². The van der Waals surface area contributed by atoms with E-state index in [-0.39, 0.29) is 18.3 Å². The molecule has 1 N–H and O–H groups in total. The Morgan fingerprint density at radius 2 is 2.05 bits per heavy atom. The van der Waals surface area contributed by atoms with E-state index in [4.69, 9.17) is 11.6 Å². The van der Waals surface area contributed by atoms with Crippen molar-refractivity contribution < 1.29 is 9.18 Å². The van der Waals surface area contributed by atoms with Gasteiger partial charge in [0.2, 0.25) is 0 Å². The summed E-state index contributed by atoms with van der Waals surface area (Å²) in [5.74, 6) is -0.249. The first kappa shape index (κ1) is 15.0. The van der Waals surface area contributed by atoms with E-state index in [9.17, 15) is 9.18 Å². The van der Waals surface area contributed by atoms with E-state index >= 15 is 0 Å². The van der Waals surface area contributed by atoms with E-state index in [0.29, 0.717) is 17.0 Å². The first-order chi connectivity index (χ1) is 9.60. The fourth-order valence-electron chi connectivity index (χ4n) is 1.75. The topological polar surface area (TPSA) is 29.1 Å². The summed E-state index contributed by atoms with van der Waals surface area (Å²) < 4.78 is 14.3. The molecule has 2 rings (SSSR count). The Morgan fingerprint density at radius 1 is 1.25 bits per heavy atom. The van der Waals surface area contributed by atoms with Crippen molar-refractivity contribution >= 4 is 33.4 Å². The van der Waals surface area contributed by atoms with E-state index in [0.717, 1.165) is 10.0 Å². The molecule has 0 saturated carbocycles. The first-order valence-electron chi connectivity index (χ1n) is 5.97. The number of amides is 1. The maximum atomic E-state index is 13.6. The van der Waals surface area contributed by atoms with Gasteiger partial charge in [-0.1, -0.05) is 28.1 Å². The van der Waals surface area contributed by atoms with Crippen molar-refractivity contribution in [3.63, 3.8) is 0 Å². The van der Waals surface area contributed by atoms with E-state index in [1.165, 1.54) is 6.07 Å². The van der Waals surface area contributed by atoms with Crippen LogP contribution in [0.5, 0.6) is 0 Å². The lowest BCUT2D eigenvalue weighted by Gasteiger charge is -2.07. The second-order valence-corrected chi connectivity index (χ2v) is 5.44. The molecule has 2 aromatic rings. The molecule has 0 aliphatic carbocycles. The molecule has 0 aliphatic rings. The minimum atomic E-state index is -0.344. The normalized spacial score (nSPS) is 10.3. The maximum absolute atomic E-state index is 13.6. The third-order valence-corrected chi connectivity index (χ3v) is 3.59. The smallest absolute Gasteiger partial charge is 0.251 e. The number of hydrogen-bond donors (Lipinski definition) is 1. The number of rotatable bonds is 4. The van der Waals surface area contributed by atoms with E-state index in [1.807, 2.05) is 6.07 Å². The molecule has 0 atom stereocenters. The summed E-state index contributed by atoms with van der Waals surface area (Å²) in [6.07, 6.45) is 0. The van der Waals surface area contributed by atoms with Crippen molar-refractivity contribution in [1.29, 1.82) is 0 Å². The number of carbonyl (C=O) groups is 1. The molecular formula is C15H12BrClFNO. The number of benzene rings is 2. The highest BCUT2D eigenvalue weighted by Gasteiger charge is 2.08. The molecule has 0 unspecified atom stereocenters. The predicted molar refractivity (Wildman–Crippen MR) is 81.3 cm³/mol. The van der Waals surface area contributed by atoms with Crippen LogP contribution in [0.4, 0.5) is 4.39 Å². The van der Waals surface area contributed by atoms with Crippen LogP contribution in [0, 0.1) is 5.82 Å². The first-order valence-corrected chi connectivity index (χ1v) is 7.30. The van der Waals surface area contributed by atoms with Gasteiger partial charge in [0.1, 0.15) is 5.82 Å². The minimum absolute atomic E-state index is 0.134. The number of alkyl halides is 1. The van der Waals surface area contributed by atoms with Gasteiger partial charge in [-0.15, -0.1) is 11.6 Å². The highest BCUT2D eigenvalue weighted by molar-refractivity contribution is 9.10. The maximum Gasteiger partial charge on any atom is 0.251 e. The summed E-state index contributed by atoms with van der Waals surface area (Å²) in [6, 6.07) is 11.7. The van der Waals surface area contributed by atoms with Crippen LogP contribution in [-0.2, 0) is 12.4 Å². The van der Waals surface area contributed by atoms with Crippen molar-refractivity contribution in [2.45, 2.75) is 12.4 Å². The van der Waals surface area contributed by atoms with Gasteiger partial charge in [0.15, 0.2) is 0 Å². The third-order valence-electron chi connectivity index (χ3n) is 2.79. The lowest BCUT2D eigenvalue weighted by molar-refractivity contribution is 0.0950. The van der Waals surface area contributed by atoms with Crippen LogP contribution in [0.15, 0.2) is 46.9 Å².